The van der Waals surface area contributed by atoms with Crippen LogP contribution in [0.15, 0.2) is 36.4 Å². The summed E-state index contributed by atoms with van der Waals surface area (Å²) in [5.41, 5.74) is 0.337. The van der Waals surface area contributed by atoms with Gasteiger partial charge in [-0.15, -0.1) is 0 Å². The maximum Gasteiger partial charge on any atom is 0.375 e. The lowest BCUT2D eigenvalue weighted by atomic mass is 9.90. The second kappa shape index (κ2) is 6.20. The Labute approximate surface area is 133 Å². The van der Waals surface area contributed by atoms with Crippen LogP contribution in [-0.4, -0.2) is 30.7 Å². The molecule has 0 aromatic heterocycles. The van der Waals surface area contributed by atoms with Crippen molar-refractivity contribution >= 4 is 28.3 Å². The Morgan fingerprint density at radius 3 is 2.78 bits per heavy atom. The highest BCUT2D eigenvalue weighted by molar-refractivity contribution is 6.39. The highest BCUT2D eigenvalue weighted by Gasteiger charge is 2.36. The third kappa shape index (κ3) is 2.70. The predicted molar refractivity (Wildman–Crippen MR) is 83.5 cm³/mol. The Morgan fingerprint density at radius 1 is 1.22 bits per heavy atom. The Balaban J connectivity index is 2.02. The topological polar surface area (TPSA) is 69.7 Å². The third-order valence-electron chi connectivity index (χ3n) is 3.91. The molecule has 1 unspecified atom stereocenters. The summed E-state index contributed by atoms with van der Waals surface area (Å²) in [5, 5.41) is 1.77. The Morgan fingerprint density at radius 2 is 2.00 bits per heavy atom. The van der Waals surface area contributed by atoms with E-state index in [-0.39, 0.29) is 25.4 Å². The SMILES string of the molecule is CCOC(=O)C(=O)C1CCOc2c(ccc3ccccc23)C1=O. The molecule has 1 aliphatic rings. The second-order valence-electron chi connectivity index (χ2n) is 5.30. The zero-order valence-corrected chi connectivity index (χ0v) is 12.7. The predicted octanol–water partition coefficient (Wildman–Crippen LogP) is 2.55. The zero-order chi connectivity index (χ0) is 16.4. The van der Waals surface area contributed by atoms with Crippen molar-refractivity contribution < 1.29 is 23.9 Å². The summed E-state index contributed by atoms with van der Waals surface area (Å²) in [5.74, 6) is -2.72. The van der Waals surface area contributed by atoms with Gasteiger partial charge in [0.05, 0.1) is 24.7 Å². The maximum atomic E-state index is 12.7. The van der Waals surface area contributed by atoms with Gasteiger partial charge in [-0.05, 0) is 24.8 Å². The van der Waals surface area contributed by atoms with Gasteiger partial charge in [-0.25, -0.2) is 4.79 Å². The van der Waals surface area contributed by atoms with E-state index in [4.69, 9.17) is 9.47 Å². The van der Waals surface area contributed by atoms with Gasteiger partial charge in [0.1, 0.15) is 5.75 Å². The number of esters is 1. The van der Waals surface area contributed by atoms with E-state index < -0.39 is 17.7 Å². The Bertz CT molecular complexity index is 793. The molecule has 0 radical (unpaired) electrons. The summed E-state index contributed by atoms with van der Waals surface area (Å²) >= 11 is 0. The third-order valence-corrected chi connectivity index (χ3v) is 3.91. The molecule has 0 spiro atoms. The first-order chi connectivity index (χ1) is 11.1. The minimum Gasteiger partial charge on any atom is -0.492 e. The van der Waals surface area contributed by atoms with Crippen molar-refractivity contribution in [1.29, 1.82) is 0 Å². The Kier molecular flexibility index (Phi) is 4.10. The zero-order valence-electron chi connectivity index (χ0n) is 12.7. The van der Waals surface area contributed by atoms with Crippen molar-refractivity contribution in [2.24, 2.45) is 5.92 Å². The second-order valence-corrected chi connectivity index (χ2v) is 5.30. The summed E-state index contributed by atoms with van der Waals surface area (Å²) in [6.45, 7) is 1.91. The molecule has 0 N–H and O–H groups in total. The molecule has 118 valence electrons. The normalized spacial score (nSPS) is 17.1. The number of fused-ring (bicyclic) bond motifs is 3. The van der Waals surface area contributed by atoms with E-state index in [1.54, 1.807) is 13.0 Å². The molecule has 1 atom stereocenters. The molecular formula is C18H16O5. The van der Waals surface area contributed by atoms with Crippen molar-refractivity contribution in [2.45, 2.75) is 13.3 Å². The van der Waals surface area contributed by atoms with E-state index in [9.17, 15) is 14.4 Å². The molecule has 2 aromatic carbocycles. The fraction of sp³-hybridized carbons (Fsp3) is 0.278. The number of ether oxygens (including phenoxy) is 2. The van der Waals surface area contributed by atoms with Gasteiger partial charge in [-0.1, -0.05) is 30.3 Å². The molecule has 5 nitrogen and oxygen atoms in total. The van der Waals surface area contributed by atoms with Crippen molar-refractivity contribution in [2.75, 3.05) is 13.2 Å². The van der Waals surface area contributed by atoms with Crippen LogP contribution < -0.4 is 4.74 Å². The highest BCUT2D eigenvalue weighted by Crippen LogP contribution is 2.34. The molecule has 0 fully saturated rings. The maximum absolute atomic E-state index is 12.7. The number of carbonyl (C=O) groups is 3. The van der Waals surface area contributed by atoms with E-state index in [0.29, 0.717) is 11.3 Å². The molecule has 0 amide bonds. The molecule has 0 saturated carbocycles. The standard InChI is InChI=1S/C18H16O5/c1-2-22-18(21)16(20)13-9-10-23-17-12-6-4-3-5-11(12)7-8-14(17)15(13)19/h3-8,13H,2,9-10H2,1H3. The van der Waals surface area contributed by atoms with Gasteiger partial charge in [0.15, 0.2) is 5.78 Å². The average Bonchev–Trinajstić information content (AvgIpc) is 2.74. The molecule has 0 aliphatic carbocycles. The minimum absolute atomic E-state index is 0.100. The van der Waals surface area contributed by atoms with Crippen LogP contribution in [0.5, 0.6) is 5.75 Å². The molecule has 2 aromatic rings. The van der Waals surface area contributed by atoms with Gasteiger partial charge in [-0.2, -0.15) is 0 Å². The Hall–Kier alpha value is -2.69. The van der Waals surface area contributed by atoms with Gasteiger partial charge in [0, 0.05) is 5.39 Å². The average molecular weight is 312 g/mol. The van der Waals surface area contributed by atoms with Crippen molar-refractivity contribution in [3.8, 4) is 5.75 Å². The molecule has 23 heavy (non-hydrogen) atoms. The van der Waals surface area contributed by atoms with Crippen LogP contribution in [0.25, 0.3) is 10.8 Å². The van der Waals surface area contributed by atoms with Gasteiger partial charge in [0.25, 0.3) is 5.78 Å². The summed E-state index contributed by atoms with van der Waals surface area (Å²) in [4.78, 5) is 36.6. The summed E-state index contributed by atoms with van der Waals surface area (Å²) < 4.78 is 10.4. The number of benzene rings is 2. The monoisotopic (exact) mass is 312 g/mol. The van der Waals surface area contributed by atoms with Gasteiger partial charge < -0.3 is 9.47 Å². The van der Waals surface area contributed by atoms with Crippen LogP contribution in [0, 0.1) is 5.92 Å². The summed E-state index contributed by atoms with van der Waals surface area (Å²) in [7, 11) is 0. The number of ketones is 2. The van der Waals surface area contributed by atoms with Crippen LogP contribution in [0.1, 0.15) is 23.7 Å². The molecule has 5 heteroatoms. The number of hydrogen-bond acceptors (Lipinski definition) is 5. The molecule has 0 saturated heterocycles. The summed E-state index contributed by atoms with van der Waals surface area (Å²) in [6.07, 6.45) is 0.166. The molecule has 3 rings (SSSR count). The van der Waals surface area contributed by atoms with Gasteiger partial charge in [-0.3, -0.25) is 9.59 Å². The summed E-state index contributed by atoms with van der Waals surface area (Å²) in [6, 6.07) is 11.0. The quantitative estimate of drug-likeness (QED) is 0.495. The number of rotatable bonds is 3. The van der Waals surface area contributed by atoms with E-state index in [1.165, 1.54) is 0 Å². The van der Waals surface area contributed by atoms with Crippen molar-refractivity contribution in [1.82, 2.24) is 0 Å². The van der Waals surface area contributed by atoms with E-state index in [2.05, 4.69) is 0 Å². The fourth-order valence-corrected chi connectivity index (χ4v) is 2.78. The van der Waals surface area contributed by atoms with Crippen LogP contribution in [0.4, 0.5) is 0 Å². The van der Waals surface area contributed by atoms with Crippen LogP contribution in [-0.2, 0) is 14.3 Å². The van der Waals surface area contributed by atoms with Crippen molar-refractivity contribution in [3.05, 3.63) is 42.0 Å². The molecule has 0 bridgehead atoms. The minimum atomic E-state index is -1.04. The number of Topliss-reactive ketones (excluding diaryl/α,β-unsaturated/α-hetero) is 2. The van der Waals surface area contributed by atoms with E-state index in [0.717, 1.165) is 10.8 Å². The fourth-order valence-electron chi connectivity index (χ4n) is 2.78. The van der Waals surface area contributed by atoms with Gasteiger partial charge >= 0.3 is 5.97 Å². The lowest BCUT2D eigenvalue weighted by Crippen LogP contribution is -2.31. The van der Waals surface area contributed by atoms with Gasteiger partial charge in [0.2, 0.25) is 0 Å². The highest BCUT2D eigenvalue weighted by atomic mass is 16.5. The number of carbonyl (C=O) groups excluding carboxylic acids is 3. The molecule has 1 heterocycles. The molecule has 1 aliphatic heterocycles. The molecular weight excluding hydrogens is 296 g/mol. The lowest BCUT2D eigenvalue weighted by molar-refractivity contribution is -0.154. The first kappa shape index (κ1) is 15.2. The van der Waals surface area contributed by atoms with Crippen LogP contribution >= 0.6 is 0 Å². The van der Waals surface area contributed by atoms with Crippen LogP contribution in [0.3, 0.4) is 0 Å². The smallest absolute Gasteiger partial charge is 0.375 e. The first-order valence-corrected chi connectivity index (χ1v) is 7.53. The van der Waals surface area contributed by atoms with Crippen molar-refractivity contribution in [3.63, 3.8) is 0 Å². The van der Waals surface area contributed by atoms with E-state index >= 15 is 0 Å². The van der Waals surface area contributed by atoms with Crippen LogP contribution in [0.2, 0.25) is 0 Å². The van der Waals surface area contributed by atoms with E-state index in [1.807, 2.05) is 30.3 Å². The largest absolute Gasteiger partial charge is 0.492 e. The number of hydrogen-bond donors (Lipinski definition) is 0. The lowest BCUT2D eigenvalue weighted by Gasteiger charge is -2.11. The first-order valence-electron chi connectivity index (χ1n) is 7.53.